The van der Waals surface area contributed by atoms with E-state index in [-0.39, 0.29) is 36.1 Å². The van der Waals surface area contributed by atoms with Gasteiger partial charge in [-0.25, -0.2) is 0 Å². The van der Waals surface area contributed by atoms with Crippen LogP contribution in [-0.4, -0.2) is 45.2 Å². The Balaban J connectivity index is 1.41. The largest absolute Gasteiger partial charge is 0.511 e. The number of carboxylic acids is 1. The van der Waals surface area contributed by atoms with Gasteiger partial charge in [0.25, 0.3) is 0 Å². The van der Waals surface area contributed by atoms with Crippen molar-refractivity contribution in [3.05, 3.63) is 64.2 Å². The van der Waals surface area contributed by atoms with E-state index in [0.29, 0.717) is 79.8 Å². The molecule has 2 aromatic rings. The average molecular weight is 493 g/mol. The van der Waals surface area contributed by atoms with Crippen molar-refractivity contribution < 1.29 is 29.1 Å². The van der Waals surface area contributed by atoms with E-state index in [4.69, 9.17) is 9.63 Å². The molecule has 0 amide bonds. The summed E-state index contributed by atoms with van der Waals surface area (Å²) in [4.78, 5) is 40.8. The molecule has 1 aromatic carbocycles. The second kappa shape index (κ2) is 11.9. The highest BCUT2D eigenvalue weighted by atomic mass is 16.5. The summed E-state index contributed by atoms with van der Waals surface area (Å²) in [6.45, 7) is 0.493. The number of aliphatic carboxylic acids is 1. The van der Waals surface area contributed by atoms with Crippen LogP contribution in [0.3, 0.4) is 0 Å². The minimum atomic E-state index is -0.805. The maximum Gasteiger partial charge on any atom is 0.303 e. The number of aliphatic hydroxyl groups excluding tert-OH is 1. The number of carboxylic acid groups (broad SMARTS) is 1. The molecule has 1 unspecified atom stereocenters. The maximum atomic E-state index is 13.0. The summed E-state index contributed by atoms with van der Waals surface area (Å²) >= 11 is 0. The topological polar surface area (TPSA) is 130 Å². The molecule has 4 rings (SSSR count). The smallest absolute Gasteiger partial charge is 0.303 e. The summed E-state index contributed by atoms with van der Waals surface area (Å²) in [7, 11) is 0. The summed E-state index contributed by atoms with van der Waals surface area (Å²) in [5.74, 6) is -0.307. The van der Waals surface area contributed by atoms with Crippen LogP contribution in [0.4, 0.5) is 0 Å². The first-order chi connectivity index (χ1) is 17.4. The van der Waals surface area contributed by atoms with Crippen LogP contribution in [0, 0.1) is 0 Å². The molecule has 2 aliphatic carbocycles. The molecule has 1 atom stereocenters. The highest BCUT2D eigenvalue weighted by Crippen LogP contribution is 2.35. The van der Waals surface area contributed by atoms with E-state index in [1.165, 1.54) is 0 Å². The Morgan fingerprint density at radius 3 is 2.58 bits per heavy atom. The van der Waals surface area contributed by atoms with Crippen molar-refractivity contribution in [2.45, 2.75) is 76.5 Å². The van der Waals surface area contributed by atoms with E-state index in [1.807, 2.05) is 30.3 Å². The number of aliphatic imine (C=N–C) groups is 1. The number of unbranched alkanes of at least 4 members (excludes halogenated alkanes) is 2. The Kier molecular flexibility index (Phi) is 8.46. The summed E-state index contributed by atoms with van der Waals surface area (Å²) in [5, 5.41) is 23.7. The van der Waals surface area contributed by atoms with Gasteiger partial charge in [0.1, 0.15) is 11.5 Å². The van der Waals surface area contributed by atoms with Crippen molar-refractivity contribution in [2.75, 3.05) is 6.54 Å². The van der Waals surface area contributed by atoms with Crippen LogP contribution in [0.1, 0.15) is 91.1 Å². The third-order valence-electron chi connectivity index (χ3n) is 6.87. The number of ketones is 2. The van der Waals surface area contributed by atoms with Gasteiger partial charge < -0.3 is 14.7 Å². The molecule has 2 N–H and O–H groups in total. The SMILES string of the molecule is O=C(O)CCCCCN=C1CCCC(=O)/C1=C(/O)CCc1noc2c1C(=O)CC(c1ccccc1)C2. The van der Waals surface area contributed by atoms with E-state index in [9.17, 15) is 19.5 Å². The normalized spacial score (nSPS) is 20.4. The van der Waals surface area contributed by atoms with Crippen molar-refractivity contribution in [2.24, 2.45) is 4.99 Å². The highest BCUT2D eigenvalue weighted by Gasteiger charge is 2.33. The van der Waals surface area contributed by atoms with Gasteiger partial charge in [-0.2, -0.15) is 0 Å². The number of benzene rings is 1. The number of nitrogens with zero attached hydrogens (tertiary/aromatic N) is 2. The van der Waals surface area contributed by atoms with Crippen LogP contribution in [0.2, 0.25) is 0 Å². The fourth-order valence-corrected chi connectivity index (χ4v) is 5.03. The molecule has 1 heterocycles. The second-order valence-electron chi connectivity index (χ2n) is 9.50. The fraction of sp³-hybridized carbons (Fsp3) is 0.464. The molecule has 0 saturated heterocycles. The number of Topliss-reactive ketones (excluding diaryl/α,β-unsaturated/α-hetero) is 2. The second-order valence-corrected chi connectivity index (χ2v) is 9.50. The molecule has 2 aliphatic rings. The maximum absolute atomic E-state index is 13.0. The number of aryl methyl sites for hydroxylation is 1. The number of allylic oxidation sites excluding steroid dienone is 2. The molecule has 36 heavy (non-hydrogen) atoms. The van der Waals surface area contributed by atoms with Crippen LogP contribution < -0.4 is 0 Å². The number of carbonyl (C=O) groups excluding carboxylic acids is 2. The zero-order valence-electron chi connectivity index (χ0n) is 20.4. The molecule has 190 valence electrons. The Morgan fingerprint density at radius 2 is 1.81 bits per heavy atom. The first kappa shape index (κ1) is 25.5. The van der Waals surface area contributed by atoms with Crippen molar-refractivity contribution >= 4 is 23.2 Å². The van der Waals surface area contributed by atoms with Gasteiger partial charge in [0, 0.05) is 50.8 Å². The summed E-state index contributed by atoms with van der Waals surface area (Å²) < 4.78 is 5.53. The molecule has 0 spiro atoms. The number of hydrogen-bond donors (Lipinski definition) is 2. The predicted octanol–water partition coefficient (Wildman–Crippen LogP) is 5.17. The molecule has 1 fully saturated rings. The standard InChI is InChI=1S/C28H32N2O6/c31-22-11-7-10-20(29-15-6-2-5-12-26(34)35)27(22)23(32)14-13-21-28-24(33)16-19(17-25(28)36-30-21)18-8-3-1-4-9-18/h1,3-4,8-9,19,32H,2,5-7,10-17H2,(H,34,35)/b27-23+,29-20?. The van der Waals surface area contributed by atoms with Gasteiger partial charge in [0.2, 0.25) is 0 Å². The quantitative estimate of drug-likeness (QED) is 0.266. The Hall–Kier alpha value is -3.55. The lowest BCUT2D eigenvalue weighted by atomic mass is 9.81. The zero-order chi connectivity index (χ0) is 25.5. The number of rotatable bonds is 10. The molecule has 8 nitrogen and oxygen atoms in total. The van der Waals surface area contributed by atoms with Crippen molar-refractivity contribution in [1.29, 1.82) is 0 Å². The monoisotopic (exact) mass is 492 g/mol. The van der Waals surface area contributed by atoms with E-state index < -0.39 is 5.97 Å². The van der Waals surface area contributed by atoms with E-state index >= 15 is 0 Å². The zero-order valence-corrected chi connectivity index (χ0v) is 20.4. The summed E-state index contributed by atoms with van der Waals surface area (Å²) in [6.07, 6.45) is 5.37. The molecule has 0 bridgehead atoms. The number of hydrogen-bond acceptors (Lipinski definition) is 7. The lowest BCUT2D eigenvalue weighted by Crippen LogP contribution is -2.22. The third kappa shape index (κ3) is 6.17. The molecule has 0 radical (unpaired) electrons. The molecule has 1 saturated carbocycles. The van der Waals surface area contributed by atoms with Gasteiger partial charge in [-0.05, 0) is 37.2 Å². The van der Waals surface area contributed by atoms with Gasteiger partial charge in [-0.1, -0.05) is 41.9 Å². The Labute approximate surface area is 210 Å². The Morgan fingerprint density at radius 1 is 1.00 bits per heavy atom. The van der Waals surface area contributed by atoms with E-state index in [0.717, 1.165) is 18.4 Å². The first-order valence-electron chi connectivity index (χ1n) is 12.7. The molecular formula is C28H32N2O6. The fourth-order valence-electron chi connectivity index (χ4n) is 5.03. The van der Waals surface area contributed by atoms with Gasteiger partial charge >= 0.3 is 5.97 Å². The number of fused-ring (bicyclic) bond motifs is 1. The minimum absolute atomic E-state index is 0.00705. The van der Waals surface area contributed by atoms with Crippen LogP contribution in [-0.2, 0) is 22.4 Å². The summed E-state index contributed by atoms with van der Waals surface area (Å²) in [6, 6.07) is 9.90. The Bertz CT molecular complexity index is 1180. The minimum Gasteiger partial charge on any atom is -0.511 e. The number of aliphatic hydroxyl groups is 1. The number of aromatic nitrogens is 1. The van der Waals surface area contributed by atoms with E-state index in [1.54, 1.807) is 0 Å². The van der Waals surface area contributed by atoms with Gasteiger partial charge in [-0.3, -0.25) is 19.4 Å². The molecule has 1 aromatic heterocycles. The predicted molar refractivity (Wildman–Crippen MR) is 134 cm³/mol. The van der Waals surface area contributed by atoms with Gasteiger partial charge in [-0.15, -0.1) is 0 Å². The van der Waals surface area contributed by atoms with Crippen LogP contribution >= 0.6 is 0 Å². The third-order valence-corrected chi connectivity index (χ3v) is 6.87. The van der Waals surface area contributed by atoms with Crippen molar-refractivity contribution in [3.8, 4) is 0 Å². The van der Waals surface area contributed by atoms with Crippen LogP contribution in [0.25, 0.3) is 0 Å². The van der Waals surface area contributed by atoms with E-state index in [2.05, 4.69) is 10.1 Å². The highest BCUT2D eigenvalue weighted by molar-refractivity contribution is 6.24. The van der Waals surface area contributed by atoms with Crippen LogP contribution in [0.5, 0.6) is 0 Å². The lowest BCUT2D eigenvalue weighted by Gasteiger charge is -2.20. The average Bonchev–Trinajstić information content (AvgIpc) is 3.28. The van der Waals surface area contributed by atoms with Gasteiger partial charge in [0.15, 0.2) is 11.6 Å². The number of carbonyl (C=O) groups is 3. The molecular weight excluding hydrogens is 460 g/mol. The molecule has 8 heteroatoms. The summed E-state index contributed by atoms with van der Waals surface area (Å²) in [5.41, 5.74) is 3.05. The first-order valence-corrected chi connectivity index (χ1v) is 12.7. The van der Waals surface area contributed by atoms with Crippen LogP contribution in [0.15, 0.2) is 51.2 Å². The van der Waals surface area contributed by atoms with Crippen molar-refractivity contribution in [3.63, 3.8) is 0 Å². The van der Waals surface area contributed by atoms with Gasteiger partial charge in [0.05, 0.1) is 16.8 Å². The lowest BCUT2D eigenvalue weighted by molar-refractivity contribution is -0.137. The van der Waals surface area contributed by atoms with Crippen molar-refractivity contribution in [1.82, 2.24) is 5.16 Å². The molecule has 0 aliphatic heterocycles.